The van der Waals surface area contributed by atoms with E-state index in [0.29, 0.717) is 5.76 Å². The van der Waals surface area contributed by atoms with Gasteiger partial charge in [0.25, 0.3) is 5.91 Å². The van der Waals surface area contributed by atoms with E-state index in [2.05, 4.69) is 5.32 Å². The number of nitrogens with one attached hydrogen (secondary N) is 1. The van der Waals surface area contributed by atoms with Gasteiger partial charge in [-0.05, 0) is 31.2 Å². The summed E-state index contributed by atoms with van der Waals surface area (Å²) in [6.07, 6.45) is 3.04. The van der Waals surface area contributed by atoms with E-state index in [4.69, 9.17) is 8.83 Å². The van der Waals surface area contributed by atoms with E-state index in [-0.39, 0.29) is 11.9 Å². The minimum absolute atomic E-state index is 0.169. The van der Waals surface area contributed by atoms with E-state index in [1.165, 1.54) is 6.26 Å². The number of rotatable bonds is 3. The van der Waals surface area contributed by atoms with Gasteiger partial charge in [0.1, 0.15) is 5.76 Å². The highest BCUT2D eigenvalue weighted by Crippen LogP contribution is 2.13. The second-order valence-corrected chi connectivity index (χ2v) is 3.19. The van der Waals surface area contributed by atoms with Crippen molar-refractivity contribution in [3.8, 4) is 0 Å². The molecular formula is C11H11NO3. The van der Waals surface area contributed by atoms with Gasteiger partial charge in [-0.3, -0.25) is 4.79 Å². The molecule has 0 aromatic carbocycles. The lowest BCUT2D eigenvalue weighted by molar-refractivity contribution is 0.0907. The molecule has 4 heteroatoms. The third-order valence-corrected chi connectivity index (χ3v) is 2.06. The smallest absolute Gasteiger partial charge is 0.287 e. The molecule has 78 valence electrons. The highest BCUT2D eigenvalue weighted by Gasteiger charge is 2.14. The fourth-order valence-electron chi connectivity index (χ4n) is 1.28. The van der Waals surface area contributed by atoms with Crippen LogP contribution in [-0.4, -0.2) is 5.91 Å². The molecule has 15 heavy (non-hydrogen) atoms. The van der Waals surface area contributed by atoms with Crippen LogP contribution in [0.15, 0.2) is 45.6 Å². The number of amides is 1. The summed E-state index contributed by atoms with van der Waals surface area (Å²) in [5, 5.41) is 2.76. The Morgan fingerprint density at radius 1 is 1.27 bits per heavy atom. The molecule has 0 radical (unpaired) electrons. The van der Waals surface area contributed by atoms with E-state index in [1.807, 2.05) is 13.0 Å². The Morgan fingerprint density at radius 2 is 2.00 bits per heavy atom. The molecule has 0 spiro atoms. The molecule has 0 aliphatic heterocycles. The third kappa shape index (κ3) is 2.10. The molecule has 0 saturated heterocycles. The molecule has 2 rings (SSSR count). The Morgan fingerprint density at radius 3 is 2.60 bits per heavy atom. The molecule has 4 nitrogen and oxygen atoms in total. The molecule has 0 unspecified atom stereocenters. The van der Waals surface area contributed by atoms with Gasteiger partial charge in [0.05, 0.1) is 18.6 Å². The fraction of sp³-hybridized carbons (Fsp3) is 0.182. The van der Waals surface area contributed by atoms with Gasteiger partial charge in [-0.15, -0.1) is 0 Å². The predicted octanol–water partition coefficient (Wildman–Crippen LogP) is 2.36. The van der Waals surface area contributed by atoms with Gasteiger partial charge in [0.2, 0.25) is 0 Å². The maximum absolute atomic E-state index is 11.6. The summed E-state index contributed by atoms with van der Waals surface area (Å²) < 4.78 is 10.1. The van der Waals surface area contributed by atoms with E-state index in [0.717, 1.165) is 5.76 Å². The SMILES string of the molecule is C[C@@H](NC(=O)c1ccco1)c1ccco1. The van der Waals surface area contributed by atoms with Crippen molar-refractivity contribution in [2.24, 2.45) is 0 Å². The average molecular weight is 205 g/mol. The highest BCUT2D eigenvalue weighted by atomic mass is 16.3. The molecule has 2 aromatic rings. The van der Waals surface area contributed by atoms with Crippen molar-refractivity contribution in [1.29, 1.82) is 0 Å². The molecule has 0 bridgehead atoms. The van der Waals surface area contributed by atoms with Crippen LogP contribution in [0.4, 0.5) is 0 Å². The quantitative estimate of drug-likeness (QED) is 0.836. The zero-order chi connectivity index (χ0) is 10.7. The van der Waals surface area contributed by atoms with Crippen molar-refractivity contribution in [3.63, 3.8) is 0 Å². The Hall–Kier alpha value is -1.97. The second-order valence-electron chi connectivity index (χ2n) is 3.19. The molecule has 2 aromatic heterocycles. The van der Waals surface area contributed by atoms with Crippen LogP contribution in [0.5, 0.6) is 0 Å². The summed E-state index contributed by atoms with van der Waals surface area (Å²) in [6.45, 7) is 1.85. The summed E-state index contributed by atoms with van der Waals surface area (Å²) in [5.74, 6) is 0.771. The van der Waals surface area contributed by atoms with Crippen molar-refractivity contribution in [2.45, 2.75) is 13.0 Å². The summed E-state index contributed by atoms with van der Waals surface area (Å²) in [6, 6.07) is 6.71. The Kier molecular flexibility index (Phi) is 2.58. The standard InChI is InChI=1S/C11H11NO3/c1-8(9-4-2-6-14-9)12-11(13)10-5-3-7-15-10/h2-8H,1H3,(H,12,13)/t8-/m1/s1. The van der Waals surface area contributed by atoms with Gasteiger partial charge in [0.15, 0.2) is 5.76 Å². The summed E-state index contributed by atoms with van der Waals surface area (Å²) >= 11 is 0. The first-order valence-electron chi connectivity index (χ1n) is 4.65. The first kappa shape index (κ1) is 9.58. The van der Waals surface area contributed by atoms with Crippen LogP contribution in [0.2, 0.25) is 0 Å². The Labute approximate surface area is 86.9 Å². The minimum atomic E-state index is -0.246. The molecule has 0 aliphatic rings. The van der Waals surface area contributed by atoms with E-state index in [9.17, 15) is 4.79 Å². The number of carbonyl (C=O) groups excluding carboxylic acids is 1. The van der Waals surface area contributed by atoms with Crippen molar-refractivity contribution in [2.75, 3.05) is 0 Å². The molecular weight excluding hydrogens is 194 g/mol. The lowest BCUT2D eigenvalue weighted by Gasteiger charge is -2.09. The van der Waals surface area contributed by atoms with Gasteiger partial charge in [-0.25, -0.2) is 0 Å². The number of hydrogen-bond donors (Lipinski definition) is 1. The van der Waals surface area contributed by atoms with Crippen molar-refractivity contribution < 1.29 is 13.6 Å². The largest absolute Gasteiger partial charge is 0.467 e. The molecule has 0 saturated carbocycles. The minimum Gasteiger partial charge on any atom is -0.467 e. The highest BCUT2D eigenvalue weighted by molar-refractivity contribution is 5.91. The van der Waals surface area contributed by atoms with Gasteiger partial charge in [-0.2, -0.15) is 0 Å². The van der Waals surface area contributed by atoms with Crippen LogP contribution in [0, 0.1) is 0 Å². The zero-order valence-corrected chi connectivity index (χ0v) is 8.27. The number of hydrogen-bond acceptors (Lipinski definition) is 3. The van der Waals surface area contributed by atoms with Gasteiger partial charge >= 0.3 is 0 Å². The average Bonchev–Trinajstić information content (AvgIpc) is 2.91. The third-order valence-electron chi connectivity index (χ3n) is 2.06. The first-order chi connectivity index (χ1) is 7.27. The van der Waals surface area contributed by atoms with Crippen LogP contribution in [-0.2, 0) is 0 Å². The summed E-state index contributed by atoms with van der Waals surface area (Å²) in [5.41, 5.74) is 0. The van der Waals surface area contributed by atoms with E-state index < -0.39 is 0 Å². The number of furan rings is 2. The van der Waals surface area contributed by atoms with Crippen molar-refractivity contribution >= 4 is 5.91 Å². The predicted molar refractivity (Wildman–Crippen MR) is 53.3 cm³/mol. The van der Waals surface area contributed by atoms with Crippen LogP contribution in [0.3, 0.4) is 0 Å². The van der Waals surface area contributed by atoms with Gasteiger partial charge in [-0.1, -0.05) is 0 Å². The Balaban J connectivity index is 2.01. The van der Waals surface area contributed by atoms with Gasteiger partial charge < -0.3 is 14.2 Å². The van der Waals surface area contributed by atoms with Crippen LogP contribution in [0.25, 0.3) is 0 Å². The van der Waals surface area contributed by atoms with Crippen LogP contribution < -0.4 is 5.32 Å². The van der Waals surface area contributed by atoms with Gasteiger partial charge in [0, 0.05) is 0 Å². The molecule has 1 atom stereocenters. The fourth-order valence-corrected chi connectivity index (χ4v) is 1.28. The van der Waals surface area contributed by atoms with E-state index in [1.54, 1.807) is 24.5 Å². The van der Waals surface area contributed by atoms with Crippen molar-refractivity contribution in [3.05, 3.63) is 48.3 Å². The summed E-state index contributed by atoms with van der Waals surface area (Å²) in [7, 11) is 0. The lowest BCUT2D eigenvalue weighted by Crippen LogP contribution is -2.25. The molecule has 0 fully saturated rings. The van der Waals surface area contributed by atoms with Crippen molar-refractivity contribution in [1.82, 2.24) is 5.32 Å². The summed E-state index contributed by atoms with van der Waals surface area (Å²) in [4.78, 5) is 11.6. The second kappa shape index (κ2) is 4.04. The molecule has 0 aliphatic carbocycles. The maximum atomic E-state index is 11.6. The van der Waals surface area contributed by atoms with E-state index >= 15 is 0 Å². The maximum Gasteiger partial charge on any atom is 0.287 e. The normalized spacial score (nSPS) is 12.3. The molecule has 2 heterocycles. The topological polar surface area (TPSA) is 55.4 Å². The van der Waals surface area contributed by atoms with Crippen LogP contribution >= 0.6 is 0 Å². The number of carbonyl (C=O) groups is 1. The lowest BCUT2D eigenvalue weighted by atomic mass is 10.2. The van der Waals surface area contributed by atoms with Crippen LogP contribution in [0.1, 0.15) is 29.3 Å². The first-order valence-corrected chi connectivity index (χ1v) is 4.65. The Bertz CT molecular complexity index is 417. The zero-order valence-electron chi connectivity index (χ0n) is 8.27. The molecule has 1 amide bonds. The molecule has 1 N–H and O–H groups in total. The monoisotopic (exact) mass is 205 g/mol.